The molecule has 3 aromatic rings. The minimum Gasteiger partial charge on any atom is -0.343 e. The number of hydrogen-bond donors (Lipinski definition) is 1. The molecule has 2 aromatic carbocycles. The third-order valence-corrected chi connectivity index (χ3v) is 3.50. The first kappa shape index (κ1) is 12.8. The van der Waals surface area contributed by atoms with E-state index in [0.29, 0.717) is 0 Å². The topological polar surface area (TPSA) is 51.0 Å². The van der Waals surface area contributed by atoms with Crippen LogP contribution in [0, 0.1) is 0 Å². The van der Waals surface area contributed by atoms with E-state index in [1.54, 1.807) is 0 Å². The lowest BCUT2D eigenvalue weighted by atomic mass is 10.00. The van der Waals surface area contributed by atoms with Crippen molar-refractivity contribution in [1.82, 2.24) is 15.5 Å². The van der Waals surface area contributed by atoms with Gasteiger partial charge in [-0.3, -0.25) is 0 Å². The van der Waals surface area contributed by atoms with Crippen LogP contribution >= 0.6 is 0 Å². The monoisotopic (exact) mass is 267 g/mol. The third-order valence-electron chi connectivity index (χ3n) is 3.50. The van der Waals surface area contributed by atoms with Gasteiger partial charge in [0.1, 0.15) is 0 Å². The number of nitrogens with one attached hydrogen (secondary N) is 1. The van der Waals surface area contributed by atoms with E-state index in [4.69, 9.17) is 4.52 Å². The molecule has 0 bridgehead atoms. The lowest BCUT2D eigenvalue weighted by molar-refractivity contribution is 0.408. The van der Waals surface area contributed by atoms with Gasteiger partial charge in [0, 0.05) is 19.0 Å². The molecule has 3 rings (SSSR count). The first-order valence-electron chi connectivity index (χ1n) is 6.81. The van der Waals surface area contributed by atoms with Crippen molar-refractivity contribution in [3.8, 4) is 0 Å². The maximum absolute atomic E-state index is 4.73. The molecule has 1 atom stereocenters. The van der Waals surface area contributed by atoms with Gasteiger partial charge in [-0.05, 0) is 23.3 Å². The van der Waals surface area contributed by atoms with Crippen molar-refractivity contribution in [2.24, 2.45) is 0 Å². The summed E-state index contributed by atoms with van der Waals surface area (Å²) in [5.74, 6) is 0.739. The predicted molar refractivity (Wildman–Crippen MR) is 78.4 cm³/mol. The van der Waals surface area contributed by atoms with E-state index in [2.05, 4.69) is 64.8 Å². The van der Waals surface area contributed by atoms with E-state index in [-0.39, 0.29) is 6.04 Å². The second-order valence-electron chi connectivity index (χ2n) is 4.84. The first-order valence-corrected chi connectivity index (χ1v) is 6.81. The van der Waals surface area contributed by atoms with Gasteiger partial charge in [0.05, 0.1) is 0 Å². The van der Waals surface area contributed by atoms with Crippen LogP contribution in [0.3, 0.4) is 0 Å². The Morgan fingerprint density at radius 2 is 2.00 bits per heavy atom. The Bertz CT molecular complexity index is 674. The van der Waals surface area contributed by atoms with Crippen LogP contribution in [0.25, 0.3) is 10.8 Å². The molecule has 0 aliphatic heterocycles. The summed E-state index contributed by atoms with van der Waals surface area (Å²) in [6, 6.07) is 15.2. The van der Waals surface area contributed by atoms with E-state index in [1.807, 2.05) is 0 Å². The molecule has 0 saturated carbocycles. The lowest BCUT2D eigenvalue weighted by Crippen LogP contribution is -2.21. The zero-order valence-electron chi connectivity index (χ0n) is 11.4. The lowest BCUT2D eigenvalue weighted by Gasteiger charge is -2.16. The largest absolute Gasteiger partial charge is 0.343 e. The number of nitrogens with zero attached hydrogens (tertiary/aromatic N) is 2. The van der Waals surface area contributed by atoms with Gasteiger partial charge in [-0.15, -0.1) is 0 Å². The molecule has 0 aliphatic carbocycles. The summed E-state index contributed by atoms with van der Waals surface area (Å²) >= 11 is 0. The average Bonchev–Trinajstić information content (AvgIpc) is 3.00. The van der Waals surface area contributed by atoms with Crippen LogP contribution in [-0.4, -0.2) is 16.7 Å². The van der Waals surface area contributed by atoms with Crippen molar-refractivity contribution in [1.29, 1.82) is 0 Å². The molecule has 0 aliphatic rings. The molecule has 4 heteroatoms. The maximum Gasteiger partial charge on any atom is 0.213 e. The van der Waals surface area contributed by atoms with Crippen LogP contribution in [0.15, 0.2) is 53.4 Å². The second kappa shape index (κ2) is 5.84. The van der Waals surface area contributed by atoms with Crippen molar-refractivity contribution in [2.75, 3.05) is 6.54 Å². The summed E-state index contributed by atoms with van der Waals surface area (Å²) in [6.45, 7) is 3.00. The Morgan fingerprint density at radius 1 is 1.15 bits per heavy atom. The Labute approximate surface area is 117 Å². The molecular weight excluding hydrogens is 250 g/mol. The molecule has 0 radical (unpaired) electrons. The second-order valence-corrected chi connectivity index (χ2v) is 4.84. The molecule has 20 heavy (non-hydrogen) atoms. The number of aromatic nitrogens is 2. The van der Waals surface area contributed by atoms with E-state index in [9.17, 15) is 0 Å². The SMILES string of the molecule is CC(NCCc1ncon1)c1cccc2ccccc12. The summed E-state index contributed by atoms with van der Waals surface area (Å²) in [4.78, 5) is 4.02. The Kier molecular flexibility index (Phi) is 3.74. The van der Waals surface area contributed by atoms with Crippen LogP contribution in [0.2, 0.25) is 0 Å². The van der Waals surface area contributed by atoms with Crippen LogP contribution in [0.4, 0.5) is 0 Å². The summed E-state index contributed by atoms with van der Waals surface area (Å²) in [6.07, 6.45) is 2.13. The van der Waals surface area contributed by atoms with Gasteiger partial charge >= 0.3 is 0 Å². The highest BCUT2D eigenvalue weighted by Crippen LogP contribution is 2.23. The predicted octanol–water partition coefficient (Wildman–Crippen LogP) is 3.12. The van der Waals surface area contributed by atoms with Crippen molar-refractivity contribution < 1.29 is 4.52 Å². The normalized spacial score (nSPS) is 12.7. The van der Waals surface area contributed by atoms with Crippen molar-refractivity contribution in [3.05, 3.63) is 60.2 Å². The number of rotatable bonds is 5. The maximum atomic E-state index is 4.73. The Balaban J connectivity index is 1.70. The number of hydrogen-bond acceptors (Lipinski definition) is 4. The van der Waals surface area contributed by atoms with Crippen molar-refractivity contribution >= 4 is 10.8 Å². The quantitative estimate of drug-likeness (QED) is 0.771. The fraction of sp³-hybridized carbons (Fsp3) is 0.250. The highest BCUT2D eigenvalue weighted by molar-refractivity contribution is 5.86. The molecule has 0 saturated heterocycles. The first-order chi connectivity index (χ1) is 9.84. The molecule has 0 amide bonds. The zero-order valence-corrected chi connectivity index (χ0v) is 11.4. The Morgan fingerprint density at radius 3 is 2.85 bits per heavy atom. The number of benzene rings is 2. The molecule has 1 N–H and O–H groups in total. The smallest absolute Gasteiger partial charge is 0.213 e. The molecule has 0 spiro atoms. The van der Waals surface area contributed by atoms with Crippen LogP contribution in [0.5, 0.6) is 0 Å². The van der Waals surface area contributed by atoms with Gasteiger partial charge in [-0.25, -0.2) is 0 Å². The average molecular weight is 267 g/mol. The van der Waals surface area contributed by atoms with Gasteiger partial charge in [-0.2, -0.15) is 4.98 Å². The van der Waals surface area contributed by atoms with Crippen LogP contribution in [-0.2, 0) is 6.42 Å². The van der Waals surface area contributed by atoms with Gasteiger partial charge < -0.3 is 9.84 Å². The van der Waals surface area contributed by atoms with E-state index < -0.39 is 0 Å². The standard InChI is InChI=1S/C16H17N3O/c1-12(17-10-9-16-18-11-20-19-16)14-8-4-6-13-5-2-3-7-15(13)14/h2-8,11-12,17H,9-10H2,1H3. The molecule has 0 fully saturated rings. The highest BCUT2D eigenvalue weighted by Gasteiger charge is 2.08. The molecule has 1 aromatic heterocycles. The molecule has 1 heterocycles. The van der Waals surface area contributed by atoms with Gasteiger partial charge in [0.25, 0.3) is 0 Å². The van der Waals surface area contributed by atoms with Crippen LogP contribution in [0.1, 0.15) is 24.4 Å². The van der Waals surface area contributed by atoms with Gasteiger partial charge in [0.2, 0.25) is 6.39 Å². The molecular formula is C16H17N3O. The minimum atomic E-state index is 0.285. The molecule has 102 valence electrons. The fourth-order valence-electron chi connectivity index (χ4n) is 2.44. The summed E-state index contributed by atoms with van der Waals surface area (Å²) in [5.41, 5.74) is 1.32. The number of fused-ring (bicyclic) bond motifs is 1. The van der Waals surface area contributed by atoms with E-state index in [1.165, 1.54) is 22.7 Å². The zero-order chi connectivity index (χ0) is 13.8. The molecule has 4 nitrogen and oxygen atoms in total. The highest BCUT2D eigenvalue weighted by atomic mass is 16.5. The molecule has 1 unspecified atom stereocenters. The van der Waals surface area contributed by atoms with Gasteiger partial charge in [-0.1, -0.05) is 47.6 Å². The van der Waals surface area contributed by atoms with E-state index >= 15 is 0 Å². The summed E-state index contributed by atoms with van der Waals surface area (Å²) in [7, 11) is 0. The van der Waals surface area contributed by atoms with Crippen molar-refractivity contribution in [2.45, 2.75) is 19.4 Å². The van der Waals surface area contributed by atoms with Crippen molar-refractivity contribution in [3.63, 3.8) is 0 Å². The van der Waals surface area contributed by atoms with Crippen LogP contribution < -0.4 is 5.32 Å². The fourth-order valence-corrected chi connectivity index (χ4v) is 2.44. The minimum absolute atomic E-state index is 0.285. The van der Waals surface area contributed by atoms with Gasteiger partial charge in [0.15, 0.2) is 5.82 Å². The van der Waals surface area contributed by atoms with E-state index in [0.717, 1.165) is 18.8 Å². The third kappa shape index (κ3) is 2.70. The summed E-state index contributed by atoms with van der Waals surface area (Å²) < 4.78 is 4.73. The summed E-state index contributed by atoms with van der Waals surface area (Å²) in [5, 5.41) is 9.89. The Hall–Kier alpha value is -2.20.